The van der Waals surface area contributed by atoms with Crippen LogP contribution in [0.5, 0.6) is 0 Å². The maximum Gasteiger partial charge on any atom is 0.120 e. The van der Waals surface area contributed by atoms with Gasteiger partial charge in [0.05, 0.1) is 19.8 Å². The average Bonchev–Trinajstić information content (AvgIpc) is 2.62. The van der Waals surface area contributed by atoms with Crippen LogP contribution in [0.4, 0.5) is 0 Å². The number of rotatable bonds is 5. The van der Waals surface area contributed by atoms with E-state index >= 15 is 0 Å². The Balaban J connectivity index is 1.85. The van der Waals surface area contributed by atoms with Gasteiger partial charge < -0.3 is 14.7 Å². The van der Waals surface area contributed by atoms with Crippen molar-refractivity contribution in [2.24, 2.45) is 0 Å². The summed E-state index contributed by atoms with van der Waals surface area (Å²) in [4.78, 5) is 1.49. The third-order valence-corrected chi connectivity index (χ3v) is 4.87. The van der Waals surface area contributed by atoms with Crippen molar-refractivity contribution in [3.63, 3.8) is 0 Å². The highest BCUT2D eigenvalue weighted by Crippen LogP contribution is 2.33. The SMILES string of the molecule is OC(CC[NH+]1CCOCC1)(c1ccccc1)c1ccc(Cl)cc1. The molecule has 0 spiro atoms. The van der Waals surface area contributed by atoms with E-state index in [0.29, 0.717) is 11.4 Å². The maximum absolute atomic E-state index is 11.5. The Labute approximate surface area is 142 Å². The van der Waals surface area contributed by atoms with Crippen molar-refractivity contribution in [2.75, 3.05) is 32.8 Å². The van der Waals surface area contributed by atoms with Gasteiger partial charge in [0.1, 0.15) is 18.7 Å². The van der Waals surface area contributed by atoms with E-state index < -0.39 is 5.60 Å². The van der Waals surface area contributed by atoms with Crippen LogP contribution in [0.3, 0.4) is 0 Å². The summed E-state index contributed by atoms with van der Waals surface area (Å²) in [6.07, 6.45) is 0.675. The summed E-state index contributed by atoms with van der Waals surface area (Å²) < 4.78 is 5.42. The van der Waals surface area contributed by atoms with Crippen LogP contribution in [0.25, 0.3) is 0 Å². The minimum absolute atomic E-state index is 0.675. The summed E-state index contributed by atoms with van der Waals surface area (Å²) >= 11 is 6.01. The summed E-state index contributed by atoms with van der Waals surface area (Å²) in [5, 5.41) is 12.2. The lowest BCUT2D eigenvalue weighted by atomic mass is 9.83. The highest BCUT2D eigenvalue weighted by Gasteiger charge is 2.33. The predicted molar refractivity (Wildman–Crippen MR) is 91.9 cm³/mol. The van der Waals surface area contributed by atoms with Crippen LogP contribution in [0, 0.1) is 0 Å². The van der Waals surface area contributed by atoms with Crippen molar-refractivity contribution < 1.29 is 14.7 Å². The molecular weight excluding hydrogens is 310 g/mol. The molecule has 1 saturated heterocycles. The molecule has 2 aromatic carbocycles. The number of ether oxygens (including phenoxy) is 1. The molecule has 122 valence electrons. The van der Waals surface area contributed by atoms with Gasteiger partial charge in [0.25, 0.3) is 0 Å². The zero-order valence-electron chi connectivity index (χ0n) is 13.2. The topological polar surface area (TPSA) is 33.9 Å². The number of quaternary nitrogens is 1. The lowest BCUT2D eigenvalue weighted by Crippen LogP contribution is -3.14. The average molecular weight is 333 g/mol. The van der Waals surface area contributed by atoms with Crippen molar-refractivity contribution >= 4 is 11.6 Å². The van der Waals surface area contributed by atoms with Gasteiger partial charge in [0, 0.05) is 11.4 Å². The monoisotopic (exact) mass is 332 g/mol. The van der Waals surface area contributed by atoms with Crippen LogP contribution in [0.15, 0.2) is 54.6 Å². The molecule has 1 atom stereocenters. The minimum atomic E-state index is -0.989. The normalized spacial score (nSPS) is 18.5. The third kappa shape index (κ3) is 3.93. The molecule has 1 aliphatic rings. The zero-order valence-corrected chi connectivity index (χ0v) is 13.9. The van der Waals surface area contributed by atoms with E-state index in [4.69, 9.17) is 16.3 Å². The van der Waals surface area contributed by atoms with Crippen LogP contribution in [0.1, 0.15) is 17.5 Å². The molecule has 1 heterocycles. The molecule has 0 radical (unpaired) electrons. The van der Waals surface area contributed by atoms with Gasteiger partial charge in [-0.3, -0.25) is 0 Å². The van der Waals surface area contributed by atoms with Crippen molar-refractivity contribution in [1.82, 2.24) is 0 Å². The number of morpholine rings is 1. The molecule has 1 aliphatic heterocycles. The van der Waals surface area contributed by atoms with Crippen LogP contribution in [0.2, 0.25) is 5.02 Å². The highest BCUT2D eigenvalue weighted by atomic mass is 35.5. The quantitative estimate of drug-likeness (QED) is 0.876. The van der Waals surface area contributed by atoms with Gasteiger partial charge in [-0.25, -0.2) is 0 Å². The van der Waals surface area contributed by atoms with E-state index in [1.807, 2.05) is 54.6 Å². The molecule has 4 heteroatoms. The van der Waals surface area contributed by atoms with Crippen LogP contribution in [-0.2, 0) is 10.3 Å². The Morgan fingerprint density at radius 3 is 2.22 bits per heavy atom. The fourth-order valence-electron chi connectivity index (χ4n) is 3.16. The Morgan fingerprint density at radius 2 is 1.57 bits per heavy atom. The minimum Gasteiger partial charge on any atom is -0.380 e. The summed E-state index contributed by atoms with van der Waals surface area (Å²) in [6, 6.07) is 17.4. The number of nitrogens with one attached hydrogen (secondary N) is 1. The standard InChI is InChI=1S/C19H22ClNO2/c20-18-8-6-17(7-9-18)19(22,16-4-2-1-3-5-16)10-11-21-12-14-23-15-13-21/h1-9,22H,10-15H2/p+1. The molecule has 1 unspecified atom stereocenters. The number of hydrogen-bond donors (Lipinski definition) is 2. The molecule has 0 saturated carbocycles. The molecule has 2 N–H and O–H groups in total. The molecule has 0 aliphatic carbocycles. The van der Waals surface area contributed by atoms with E-state index in [9.17, 15) is 5.11 Å². The summed E-state index contributed by atoms with van der Waals surface area (Å²) in [7, 11) is 0. The fourth-order valence-corrected chi connectivity index (χ4v) is 3.29. The Hall–Kier alpha value is -1.39. The Bertz CT molecular complexity index is 611. The summed E-state index contributed by atoms with van der Waals surface area (Å²) in [5.41, 5.74) is 0.827. The van der Waals surface area contributed by atoms with Gasteiger partial charge in [-0.15, -0.1) is 0 Å². The molecule has 0 aromatic heterocycles. The Morgan fingerprint density at radius 1 is 0.957 bits per heavy atom. The molecule has 1 fully saturated rings. The summed E-state index contributed by atoms with van der Waals surface area (Å²) in [6.45, 7) is 4.54. The maximum atomic E-state index is 11.5. The molecule has 3 nitrogen and oxygen atoms in total. The molecule has 2 aromatic rings. The molecular formula is C19H23ClNO2+. The highest BCUT2D eigenvalue weighted by molar-refractivity contribution is 6.30. The summed E-state index contributed by atoms with van der Waals surface area (Å²) in [5.74, 6) is 0. The Kier molecular flexibility index (Phi) is 5.34. The first-order valence-corrected chi connectivity index (χ1v) is 8.51. The largest absolute Gasteiger partial charge is 0.380 e. The molecule has 3 rings (SSSR count). The first kappa shape index (κ1) is 16.5. The molecule has 23 heavy (non-hydrogen) atoms. The lowest BCUT2D eigenvalue weighted by Gasteiger charge is -2.32. The first-order valence-electron chi connectivity index (χ1n) is 8.14. The van der Waals surface area contributed by atoms with Crippen molar-refractivity contribution in [3.8, 4) is 0 Å². The van der Waals surface area contributed by atoms with E-state index in [0.717, 1.165) is 44.0 Å². The van der Waals surface area contributed by atoms with Crippen molar-refractivity contribution in [1.29, 1.82) is 0 Å². The van der Waals surface area contributed by atoms with Crippen molar-refractivity contribution in [3.05, 3.63) is 70.7 Å². The van der Waals surface area contributed by atoms with Crippen LogP contribution in [-0.4, -0.2) is 38.0 Å². The van der Waals surface area contributed by atoms with Gasteiger partial charge in [-0.05, 0) is 23.3 Å². The number of aliphatic hydroxyl groups is 1. The first-order chi connectivity index (χ1) is 11.2. The second-order valence-electron chi connectivity index (χ2n) is 6.10. The number of hydrogen-bond acceptors (Lipinski definition) is 2. The fraction of sp³-hybridized carbons (Fsp3) is 0.368. The van der Waals surface area contributed by atoms with Gasteiger partial charge >= 0.3 is 0 Å². The lowest BCUT2D eigenvalue weighted by molar-refractivity contribution is -0.908. The number of halogens is 1. The molecule has 0 bridgehead atoms. The second-order valence-corrected chi connectivity index (χ2v) is 6.53. The van der Waals surface area contributed by atoms with E-state index in [-0.39, 0.29) is 0 Å². The van der Waals surface area contributed by atoms with Gasteiger partial charge in [0.15, 0.2) is 0 Å². The van der Waals surface area contributed by atoms with Crippen molar-refractivity contribution in [2.45, 2.75) is 12.0 Å². The zero-order chi connectivity index (χ0) is 16.1. The van der Waals surface area contributed by atoms with Crippen LogP contribution >= 0.6 is 11.6 Å². The predicted octanol–water partition coefficient (Wildman–Crippen LogP) is 1.88. The van der Waals surface area contributed by atoms with Crippen LogP contribution < -0.4 is 4.90 Å². The van der Waals surface area contributed by atoms with Gasteiger partial charge in [0.2, 0.25) is 0 Å². The smallest absolute Gasteiger partial charge is 0.120 e. The van der Waals surface area contributed by atoms with Gasteiger partial charge in [-0.2, -0.15) is 0 Å². The second kappa shape index (κ2) is 7.45. The van der Waals surface area contributed by atoms with E-state index in [1.165, 1.54) is 4.90 Å². The molecule has 0 amide bonds. The van der Waals surface area contributed by atoms with E-state index in [1.54, 1.807) is 0 Å². The number of benzene rings is 2. The third-order valence-electron chi connectivity index (χ3n) is 4.61. The van der Waals surface area contributed by atoms with E-state index in [2.05, 4.69) is 0 Å². The van der Waals surface area contributed by atoms with Gasteiger partial charge in [-0.1, -0.05) is 54.1 Å².